The molecule has 2 aromatic rings. The van der Waals surface area contributed by atoms with Crippen molar-refractivity contribution in [2.75, 3.05) is 18.1 Å². The summed E-state index contributed by atoms with van der Waals surface area (Å²) >= 11 is 0. The second-order valence-electron chi connectivity index (χ2n) is 5.22. The smallest absolute Gasteiger partial charge is 0.414 e. The lowest BCUT2D eigenvalue weighted by Gasteiger charge is -2.14. The number of ether oxygens (including phenoxy) is 1. The Bertz CT molecular complexity index is 709. The number of aryl methyl sites for hydroxylation is 1. The minimum absolute atomic E-state index is 0. The number of carbonyl (C=O) groups is 1. The maximum atomic E-state index is 14.4. The number of halogens is 2. The van der Waals surface area contributed by atoms with Gasteiger partial charge >= 0.3 is 6.09 Å². The predicted octanol–water partition coefficient (Wildman–Crippen LogP) is -1.36. The van der Waals surface area contributed by atoms with Crippen LogP contribution in [0, 0.1) is 5.82 Å². The van der Waals surface area contributed by atoms with Crippen LogP contribution in [0.4, 0.5) is 14.9 Å². The minimum atomic E-state index is -0.571. The van der Waals surface area contributed by atoms with E-state index in [1.165, 1.54) is 11.0 Å². The van der Waals surface area contributed by atoms with Gasteiger partial charge in [-0.3, -0.25) is 4.90 Å². The first-order chi connectivity index (χ1) is 10.6. The van der Waals surface area contributed by atoms with E-state index in [1.54, 1.807) is 12.1 Å². The highest BCUT2D eigenvalue weighted by Crippen LogP contribution is 2.28. The predicted molar refractivity (Wildman–Crippen MR) is 77.7 cm³/mol. The van der Waals surface area contributed by atoms with Gasteiger partial charge in [0.25, 0.3) is 0 Å². The number of rotatable bonds is 3. The Morgan fingerprint density at radius 1 is 1.35 bits per heavy atom. The van der Waals surface area contributed by atoms with E-state index in [0.717, 1.165) is 5.56 Å². The number of aliphatic hydroxyl groups excluding tert-OH is 1. The summed E-state index contributed by atoms with van der Waals surface area (Å²) < 4.78 is 21.2. The van der Waals surface area contributed by atoms with Gasteiger partial charge in [-0.05, 0) is 23.8 Å². The fourth-order valence-electron chi connectivity index (χ4n) is 2.41. The van der Waals surface area contributed by atoms with E-state index in [9.17, 15) is 9.18 Å². The van der Waals surface area contributed by atoms with Crippen LogP contribution in [0.2, 0.25) is 0 Å². The van der Waals surface area contributed by atoms with E-state index in [1.807, 2.05) is 36.1 Å². The molecule has 1 saturated heterocycles. The second-order valence-corrected chi connectivity index (χ2v) is 5.22. The molecule has 7 heteroatoms. The lowest BCUT2D eigenvalue weighted by molar-refractivity contribution is -0.671. The molecule has 0 saturated carbocycles. The van der Waals surface area contributed by atoms with Gasteiger partial charge in [-0.25, -0.2) is 13.8 Å². The SMILES string of the molecule is C[n+]1ccc(-c2ccc(N3C[C@H](CO)OC3=O)cc2F)cc1.[Cl-]. The van der Waals surface area contributed by atoms with Crippen molar-refractivity contribution in [3.8, 4) is 11.1 Å². The molecule has 2 heterocycles. The molecule has 0 unspecified atom stereocenters. The van der Waals surface area contributed by atoms with Gasteiger partial charge in [-0.1, -0.05) is 0 Å². The number of nitrogens with zero attached hydrogens (tertiary/aromatic N) is 2. The van der Waals surface area contributed by atoms with Gasteiger partial charge in [0.2, 0.25) is 0 Å². The molecule has 1 aliphatic heterocycles. The minimum Gasteiger partial charge on any atom is -1.00 e. The molecule has 0 bridgehead atoms. The molecule has 5 nitrogen and oxygen atoms in total. The molecule has 3 rings (SSSR count). The van der Waals surface area contributed by atoms with Crippen molar-refractivity contribution in [1.82, 2.24) is 0 Å². The van der Waals surface area contributed by atoms with Crippen molar-refractivity contribution in [2.24, 2.45) is 7.05 Å². The summed E-state index contributed by atoms with van der Waals surface area (Å²) in [5.41, 5.74) is 1.65. The van der Waals surface area contributed by atoms with Crippen LogP contribution >= 0.6 is 0 Å². The first-order valence-electron chi connectivity index (χ1n) is 6.92. The Hall–Kier alpha value is -2.18. The highest BCUT2D eigenvalue weighted by Gasteiger charge is 2.32. The molecule has 1 aromatic heterocycles. The fourth-order valence-corrected chi connectivity index (χ4v) is 2.41. The Labute approximate surface area is 139 Å². The largest absolute Gasteiger partial charge is 1.00 e. The monoisotopic (exact) mass is 338 g/mol. The number of benzene rings is 1. The van der Waals surface area contributed by atoms with Crippen molar-refractivity contribution in [3.05, 3.63) is 48.5 Å². The Morgan fingerprint density at radius 3 is 2.61 bits per heavy atom. The van der Waals surface area contributed by atoms with Crippen LogP contribution in [0.25, 0.3) is 11.1 Å². The molecule has 1 N–H and O–H groups in total. The van der Waals surface area contributed by atoms with E-state index >= 15 is 0 Å². The molecule has 1 aliphatic rings. The Kier molecular flexibility index (Phi) is 5.18. The molecule has 1 amide bonds. The number of cyclic esters (lactones) is 1. The van der Waals surface area contributed by atoms with Crippen molar-refractivity contribution >= 4 is 11.8 Å². The third-order valence-electron chi connectivity index (χ3n) is 3.63. The summed E-state index contributed by atoms with van der Waals surface area (Å²) in [7, 11) is 1.89. The summed E-state index contributed by atoms with van der Waals surface area (Å²) in [6, 6.07) is 8.27. The first-order valence-corrected chi connectivity index (χ1v) is 6.92. The van der Waals surface area contributed by atoms with Crippen molar-refractivity contribution in [1.29, 1.82) is 0 Å². The van der Waals surface area contributed by atoms with E-state index in [2.05, 4.69) is 0 Å². The maximum absolute atomic E-state index is 14.4. The first kappa shape index (κ1) is 17.2. The van der Waals surface area contributed by atoms with Crippen LogP contribution in [0.1, 0.15) is 0 Å². The van der Waals surface area contributed by atoms with Crippen LogP contribution in [0.15, 0.2) is 42.7 Å². The van der Waals surface area contributed by atoms with Crippen molar-refractivity contribution in [2.45, 2.75) is 6.10 Å². The highest BCUT2D eigenvalue weighted by molar-refractivity contribution is 5.90. The molecule has 122 valence electrons. The zero-order valence-corrected chi connectivity index (χ0v) is 13.2. The molecule has 0 radical (unpaired) electrons. The van der Waals surface area contributed by atoms with E-state index in [-0.39, 0.29) is 25.6 Å². The highest BCUT2D eigenvalue weighted by atomic mass is 35.5. The molecule has 0 aliphatic carbocycles. The number of aliphatic hydroxyl groups is 1. The standard InChI is InChI=1S/C16H16FN2O3.ClH/c1-18-6-4-11(5-7-18)14-3-2-12(8-15(14)17)19-9-13(10-20)22-16(19)21;/h2-8,13,20H,9-10H2,1H3;1H/q+1;/p-1/t13-;/m1./s1. The number of hydrogen-bond acceptors (Lipinski definition) is 3. The van der Waals surface area contributed by atoms with Crippen LogP contribution in [-0.2, 0) is 11.8 Å². The lowest BCUT2D eigenvalue weighted by Crippen LogP contribution is -3.00. The Balaban J connectivity index is 0.00000192. The third-order valence-corrected chi connectivity index (χ3v) is 3.63. The van der Waals surface area contributed by atoms with Crippen LogP contribution in [0.3, 0.4) is 0 Å². The second kappa shape index (κ2) is 6.93. The lowest BCUT2D eigenvalue weighted by atomic mass is 10.1. The molecule has 23 heavy (non-hydrogen) atoms. The summed E-state index contributed by atoms with van der Waals surface area (Å²) in [5.74, 6) is -0.411. The molecule has 1 aromatic carbocycles. The van der Waals surface area contributed by atoms with Crippen molar-refractivity contribution in [3.63, 3.8) is 0 Å². The zero-order chi connectivity index (χ0) is 15.7. The van der Waals surface area contributed by atoms with Gasteiger partial charge in [0.05, 0.1) is 18.8 Å². The van der Waals surface area contributed by atoms with Crippen LogP contribution < -0.4 is 21.9 Å². The summed E-state index contributed by atoms with van der Waals surface area (Å²) in [4.78, 5) is 13.0. The van der Waals surface area contributed by atoms with Crippen LogP contribution in [0.5, 0.6) is 0 Å². The number of amides is 1. The van der Waals surface area contributed by atoms with Gasteiger partial charge in [-0.15, -0.1) is 0 Å². The molecule has 1 fully saturated rings. The zero-order valence-electron chi connectivity index (χ0n) is 12.4. The van der Waals surface area contributed by atoms with E-state index in [4.69, 9.17) is 9.84 Å². The topological polar surface area (TPSA) is 53.6 Å². The van der Waals surface area contributed by atoms with Gasteiger partial charge in [0.1, 0.15) is 19.0 Å². The summed E-state index contributed by atoms with van der Waals surface area (Å²) in [5, 5.41) is 9.04. The van der Waals surface area contributed by atoms with Gasteiger partial charge in [0, 0.05) is 17.7 Å². The van der Waals surface area contributed by atoms with Gasteiger partial charge in [-0.2, -0.15) is 0 Å². The number of aromatic nitrogens is 1. The average molecular weight is 339 g/mol. The van der Waals surface area contributed by atoms with E-state index < -0.39 is 18.0 Å². The fraction of sp³-hybridized carbons (Fsp3) is 0.250. The number of pyridine rings is 1. The number of anilines is 1. The summed E-state index contributed by atoms with van der Waals surface area (Å²) in [6.07, 6.45) is 2.54. The van der Waals surface area contributed by atoms with E-state index in [0.29, 0.717) is 11.3 Å². The molecule has 0 spiro atoms. The molecular weight excluding hydrogens is 323 g/mol. The maximum Gasteiger partial charge on any atom is 0.414 e. The Morgan fingerprint density at radius 2 is 2.04 bits per heavy atom. The van der Waals surface area contributed by atoms with Gasteiger partial charge < -0.3 is 22.3 Å². The normalized spacial score (nSPS) is 16.9. The average Bonchev–Trinajstić information content (AvgIpc) is 2.89. The van der Waals surface area contributed by atoms with Crippen LogP contribution in [-0.4, -0.2) is 30.5 Å². The third kappa shape index (κ3) is 3.43. The summed E-state index contributed by atoms with van der Waals surface area (Å²) in [6.45, 7) is -0.0286. The quantitative estimate of drug-likeness (QED) is 0.703. The molecular formula is C16H16ClFN2O3. The molecule has 1 atom stereocenters. The van der Waals surface area contributed by atoms with Gasteiger partial charge in [0.15, 0.2) is 12.4 Å². The number of hydrogen-bond donors (Lipinski definition) is 1. The number of carbonyl (C=O) groups excluding carboxylic acids is 1. The van der Waals surface area contributed by atoms with Crippen molar-refractivity contribution < 1.29 is 36.0 Å².